The van der Waals surface area contributed by atoms with Crippen molar-refractivity contribution in [3.05, 3.63) is 15.6 Å². The summed E-state index contributed by atoms with van der Waals surface area (Å²) in [6.07, 6.45) is 3.95. The summed E-state index contributed by atoms with van der Waals surface area (Å²) in [5, 5.41) is 7.95. The summed E-state index contributed by atoms with van der Waals surface area (Å²) < 4.78 is 0. The van der Waals surface area contributed by atoms with Crippen LogP contribution in [0, 0.1) is 13.8 Å². The normalized spacial score (nSPS) is 19.3. The number of aryl methyl sites for hydroxylation is 2. The highest BCUT2D eigenvalue weighted by molar-refractivity contribution is 14.0. The molecule has 7 heteroatoms. The summed E-state index contributed by atoms with van der Waals surface area (Å²) in [5.74, 6) is 0.868. The van der Waals surface area contributed by atoms with Gasteiger partial charge in [-0.25, -0.2) is 4.98 Å². The third-order valence-electron chi connectivity index (χ3n) is 4.36. The van der Waals surface area contributed by atoms with Crippen LogP contribution < -0.4 is 10.6 Å². The van der Waals surface area contributed by atoms with Crippen molar-refractivity contribution in [3.63, 3.8) is 0 Å². The van der Waals surface area contributed by atoms with Gasteiger partial charge in [-0.15, -0.1) is 35.3 Å². The first-order chi connectivity index (χ1) is 10.6. The van der Waals surface area contributed by atoms with Crippen molar-refractivity contribution < 1.29 is 0 Å². The minimum Gasteiger partial charge on any atom is -0.355 e. The van der Waals surface area contributed by atoms with Crippen LogP contribution in [-0.2, 0) is 6.54 Å². The zero-order valence-corrected chi connectivity index (χ0v) is 17.8. The fourth-order valence-electron chi connectivity index (χ4n) is 2.92. The molecular weight excluding hydrogens is 421 g/mol. The summed E-state index contributed by atoms with van der Waals surface area (Å²) in [5.41, 5.74) is 1.13. The van der Waals surface area contributed by atoms with Gasteiger partial charge in [0.05, 0.1) is 12.2 Å². The molecule has 0 aromatic carbocycles. The number of hydrogen-bond donors (Lipinski definition) is 2. The van der Waals surface area contributed by atoms with Crippen molar-refractivity contribution in [2.24, 2.45) is 4.99 Å². The number of piperidine rings is 1. The van der Waals surface area contributed by atoms with E-state index < -0.39 is 0 Å². The number of guanidine groups is 1. The van der Waals surface area contributed by atoms with Gasteiger partial charge in [-0.05, 0) is 39.8 Å². The first-order valence-electron chi connectivity index (χ1n) is 8.25. The third-order valence-corrected chi connectivity index (χ3v) is 5.44. The van der Waals surface area contributed by atoms with Gasteiger partial charge in [-0.1, -0.05) is 13.3 Å². The lowest BCUT2D eigenvalue weighted by Gasteiger charge is -2.35. The number of likely N-dealkylation sites (tertiary alicyclic amines) is 1. The van der Waals surface area contributed by atoms with Gasteiger partial charge >= 0.3 is 0 Å². The molecule has 1 aliphatic heterocycles. The first-order valence-corrected chi connectivity index (χ1v) is 9.07. The number of likely N-dealkylation sites (N-methyl/N-ethyl adjacent to an activating group) is 1. The predicted molar refractivity (Wildman–Crippen MR) is 110 cm³/mol. The summed E-state index contributed by atoms with van der Waals surface area (Å²) >= 11 is 1.75. The summed E-state index contributed by atoms with van der Waals surface area (Å²) in [4.78, 5) is 12.7. The number of nitrogens with one attached hydrogen (secondary N) is 2. The van der Waals surface area contributed by atoms with Crippen molar-refractivity contribution in [1.82, 2.24) is 20.5 Å². The molecule has 0 spiro atoms. The highest BCUT2D eigenvalue weighted by atomic mass is 127. The second-order valence-corrected chi connectivity index (χ2v) is 7.12. The Morgan fingerprint density at radius 2 is 2.13 bits per heavy atom. The molecule has 1 aliphatic rings. The van der Waals surface area contributed by atoms with E-state index in [0.29, 0.717) is 6.04 Å². The van der Waals surface area contributed by atoms with E-state index in [1.165, 1.54) is 30.7 Å². The second kappa shape index (κ2) is 10.5. The van der Waals surface area contributed by atoms with Gasteiger partial charge in [0.25, 0.3) is 0 Å². The predicted octanol–water partition coefficient (Wildman–Crippen LogP) is 2.92. The number of thiazole rings is 1. The quantitative estimate of drug-likeness (QED) is 0.411. The maximum atomic E-state index is 4.56. The zero-order chi connectivity index (χ0) is 15.9. The number of halogens is 1. The van der Waals surface area contributed by atoms with E-state index in [-0.39, 0.29) is 24.0 Å². The van der Waals surface area contributed by atoms with Gasteiger partial charge in [0.1, 0.15) is 5.01 Å². The molecule has 132 valence electrons. The number of aromatic nitrogens is 1. The Morgan fingerprint density at radius 3 is 2.74 bits per heavy atom. The highest BCUT2D eigenvalue weighted by Gasteiger charge is 2.20. The summed E-state index contributed by atoms with van der Waals surface area (Å²) in [7, 11) is 1.83. The molecule has 2 N–H and O–H groups in total. The van der Waals surface area contributed by atoms with Crippen LogP contribution in [-0.4, -0.2) is 48.6 Å². The first kappa shape index (κ1) is 20.6. The fraction of sp³-hybridized carbons (Fsp3) is 0.750. The van der Waals surface area contributed by atoms with Gasteiger partial charge in [-0.3, -0.25) is 9.89 Å². The largest absolute Gasteiger partial charge is 0.355 e. The van der Waals surface area contributed by atoms with Crippen molar-refractivity contribution in [1.29, 1.82) is 0 Å². The molecule has 0 amide bonds. The van der Waals surface area contributed by atoms with Crippen LogP contribution in [0.15, 0.2) is 4.99 Å². The summed E-state index contributed by atoms with van der Waals surface area (Å²) in [6.45, 7) is 10.5. The SMILES string of the molecule is CCN1CCCCC1CNC(=NC)NCc1nc(C)c(C)s1.I. The number of aliphatic imine (C=N–C) groups is 1. The zero-order valence-electron chi connectivity index (χ0n) is 14.7. The van der Waals surface area contributed by atoms with Crippen LogP contribution in [0.5, 0.6) is 0 Å². The van der Waals surface area contributed by atoms with Gasteiger partial charge < -0.3 is 10.6 Å². The molecule has 0 aliphatic carbocycles. The van der Waals surface area contributed by atoms with Gasteiger partial charge in [0, 0.05) is 24.5 Å². The van der Waals surface area contributed by atoms with Crippen molar-refractivity contribution in [2.45, 2.75) is 52.6 Å². The van der Waals surface area contributed by atoms with Crippen LogP contribution in [0.3, 0.4) is 0 Å². The van der Waals surface area contributed by atoms with Crippen LogP contribution in [0.4, 0.5) is 0 Å². The lowest BCUT2D eigenvalue weighted by Crippen LogP contribution is -2.48. The van der Waals surface area contributed by atoms with E-state index in [1.54, 1.807) is 11.3 Å². The molecule has 1 aromatic rings. The van der Waals surface area contributed by atoms with Crippen molar-refractivity contribution >= 4 is 41.3 Å². The topological polar surface area (TPSA) is 52.5 Å². The van der Waals surface area contributed by atoms with E-state index >= 15 is 0 Å². The average Bonchev–Trinajstić information content (AvgIpc) is 2.86. The van der Waals surface area contributed by atoms with Gasteiger partial charge in [-0.2, -0.15) is 0 Å². The molecule has 2 rings (SSSR count). The molecular formula is C16H30IN5S. The standard InChI is InChI=1S/C16H29N5S.HI/c1-5-21-9-7-6-8-14(21)10-18-16(17-4)19-11-15-20-12(2)13(3)22-15;/h14H,5-11H2,1-4H3,(H2,17,18,19);1H. The fourth-order valence-corrected chi connectivity index (χ4v) is 3.79. The van der Waals surface area contributed by atoms with Crippen LogP contribution in [0.25, 0.3) is 0 Å². The van der Waals surface area contributed by atoms with E-state index in [9.17, 15) is 0 Å². The Morgan fingerprint density at radius 1 is 1.35 bits per heavy atom. The van der Waals surface area contributed by atoms with Gasteiger partial charge in [0.15, 0.2) is 5.96 Å². The minimum atomic E-state index is 0. The van der Waals surface area contributed by atoms with Crippen LogP contribution in [0.2, 0.25) is 0 Å². The lowest BCUT2D eigenvalue weighted by atomic mass is 10.0. The minimum absolute atomic E-state index is 0. The van der Waals surface area contributed by atoms with E-state index in [2.05, 4.69) is 46.3 Å². The molecule has 0 saturated carbocycles. The molecule has 23 heavy (non-hydrogen) atoms. The molecule has 1 aromatic heterocycles. The smallest absolute Gasteiger partial charge is 0.191 e. The van der Waals surface area contributed by atoms with E-state index in [1.807, 2.05) is 7.05 Å². The third kappa shape index (κ3) is 6.19. The molecule has 0 bridgehead atoms. The Balaban J connectivity index is 0.00000264. The summed E-state index contributed by atoms with van der Waals surface area (Å²) in [6, 6.07) is 0.627. The Labute approximate surface area is 161 Å². The van der Waals surface area contributed by atoms with Crippen LogP contribution >= 0.6 is 35.3 Å². The maximum absolute atomic E-state index is 4.56. The van der Waals surface area contributed by atoms with E-state index in [0.717, 1.165) is 36.3 Å². The lowest BCUT2D eigenvalue weighted by molar-refractivity contribution is 0.157. The maximum Gasteiger partial charge on any atom is 0.191 e. The molecule has 1 saturated heterocycles. The second-order valence-electron chi connectivity index (χ2n) is 5.83. The van der Waals surface area contributed by atoms with Gasteiger partial charge in [0.2, 0.25) is 0 Å². The number of hydrogen-bond acceptors (Lipinski definition) is 4. The Kier molecular flexibility index (Phi) is 9.38. The van der Waals surface area contributed by atoms with Crippen molar-refractivity contribution in [3.8, 4) is 0 Å². The number of rotatable bonds is 5. The average molecular weight is 451 g/mol. The molecule has 5 nitrogen and oxygen atoms in total. The highest BCUT2D eigenvalue weighted by Crippen LogP contribution is 2.16. The molecule has 1 fully saturated rings. The number of nitrogens with zero attached hydrogens (tertiary/aromatic N) is 3. The molecule has 1 unspecified atom stereocenters. The monoisotopic (exact) mass is 451 g/mol. The molecule has 2 heterocycles. The Hall–Kier alpha value is -0.410. The molecule has 0 radical (unpaired) electrons. The molecule has 1 atom stereocenters. The Bertz CT molecular complexity index is 483. The van der Waals surface area contributed by atoms with Crippen LogP contribution in [0.1, 0.15) is 41.8 Å². The van der Waals surface area contributed by atoms with E-state index in [4.69, 9.17) is 0 Å². The van der Waals surface area contributed by atoms with Crippen molar-refractivity contribution in [2.75, 3.05) is 26.7 Å².